The zero-order valence-corrected chi connectivity index (χ0v) is 17.6. The van der Waals surface area contributed by atoms with Crippen LogP contribution in [0.4, 0.5) is 0 Å². The molecule has 0 N–H and O–H groups in total. The van der Waals surface area contributed by atoms with Gasteiger partial charge in [0.2, 0.25) is 5.88 Å². The van der Waals surface area contributed by atoms with E-state index in [1.165, 1.54) is 5.56 Å². The highest BCUT2D eigenvalue weighted by Crippen LogP contribution is 2.26. The maximum atomic E-state index is 5.19. The van der Waals surface area contributed by atoms with Crippen molar-refractivity contribution in [3.05, 3.63) is 84.7 Å². The molecule has 4 aromatic heterocycles. The molecule has 5 rings (SSSR count). The molecule has 158 valence electrons. The number of nitrogens with zero attached hydrogens (tertiary/aromatic N) is 8. The number of methoxy groups -OCH3 is 1. The minimum atomic E-state index is 0.354. The van der Waals surface area contributed by atoms with Gasteiger partial charge in [-0.2, -0.15) is 15.0 Å². The Kier molecular flexibility index (Phi) is 5.12. The van der Waals surface area contributed by atoms with Crippen molar-refractivity contribution in [2.75, 3.05) is 7.11 Å². The molecule has 0 amide bonds. The number of ether oxygens (including phenoxy) is 1. The quantitative estimate of drug-likeness (QED) is 0.412. The van der Waals surface area contributed by atoms with Crippen LogP contribution < -0.4 is 4.74 Å². The summed E-state index contributed by atoms with van der Waals surface area (Å²) in [5.74, 6) is 1.79. The van der Waals surface area contributed by atoms with Crippen LogP contribution in [0.5, 0.6) is 5.88 Å². The molecular weight excluding hydrogens is 404 g/mol. The zero-order chi connectivity index (χ0) is 21.9. The molecule has 0 aliphatic rings. The summed E-state index contributed by atoms with van der Waals surface area (Å²) >= 11 is 0. The lowest BCUT2D eigenvalue weighted by Crippen LogP contribution is -2.11. The third-order valence-electron chi connectivity index (χ3n) is 5.12. The molecule has 0 atom stereocenters. The van der Waals surface area contributed by atoms with E-state index in [0.717, 1.165) is 16.8 Å². The molecule has 0 unspecified atom stereocenters. The summed E-state index contributed by atoms with van der Waals surface area (Å²) in [6.07, 6.45) is 6.83. The normalized spacial score (nSPS) is 10.9. The summed E-state index contributed by atoms with van der Waals surface area (Å²) in [5.41, 5.74) is 4.88. The van der Waals surface area contributed by atoms with Crippen molar-refractivity contribution in [2.45, 2.75) is 13.5 Å². The van der Waals surface area contributed by atoms with Crippen LogP contribution in [0.1, 0.15) is 11.4 Å². The molecule has 0 aliphatic heterocycles. The maximum Gasteiger partial charge on any atom is 0.213 e. The molecule has 0 spiro atoms. The first-order valence-corrected chi connectivity index (χ1v) is 10.0. The number of aryl methyl sites for hydroxylation is 1. The summed E-state index contributed by atoms with van der Waals surface area (Å²) < 4.78 is 7.10. The van der Waals surface area contributed by atoms with Gasteiger partial charge >= 0.3 is 0 Å². The largest absolute Gasteiger partial charge is 0.481 e. The lowest BCUT2D eigenvalue weighted by atomic mass is 10.0. The van der Waals surface area contributed by atoms with Crippen LogP contribution in [-0.4, -0.2) is 46.8 Å². The molecule has 0 saturated carbocycles. The van der Waals surface area contributed by atoms with E-state index >= 15 is 0 Å². The van der Waals surface area contributed by atoms with Gasteiger partial charge in [-0.1, -0.05) is 30.3 Å². The first-order chi connectivity index (χ1) is 15.7. The summed E-state index contributed by atoms with van der Waals surface area (Å²) in [7, 11) is 1.58. The van der Waals surface area contributed by atoms with Crippen LogP contribution in [0.3, 0.4) is 0 Å². The number of hydrogen-bond donors (Lipinski definition) is 0. The Morgan fingerprint density at radius 1 is 0.875 bits per heavy atom. The minimum absolute atomic E-state index is 0.354. The Morgan fingerprint density at radius 2 is 1.72 bits per heavy atom. The van der Waals surface area contributed by atoms with Crippen molar-refractivity contribution >= 4 is 0 Å². The summed E-state index contributed by atoms with van der Waals surface area (Å²) in [6, 6.07) is 15.9. The predicted octanol–water partition coefficient (Wildman–Crippen LogP) is 3.35. The van der Waals surface area contributed by atoms with Gasteiger partial charge in [0.15, 0.2) is 11.6 Å². The number of rotatable bonds is 6. The van der Waals surface area contributed by atoms with Gasteiger partial charge in [-0.25, -0.2) is 4.98 Å². The SMILES string of the molecule is COc1ccc(-n2c(Cn3nccn3)nnc2-c2ccc(-c3ccccc3C)cn2)cn1. The second-order valence-corrected chi connectivity index (χ2v) is 7.14. The summed E-state index contributed by atoms with van der Waals surface area (Å²) in [5, 5.41) is 17.2. The molecule has 0 saturated heterocycles. The summed E-state index contributed by atoms with van der Waals surface area (Å²) in [4.78, 5) is 10.6. The molecule has 5 aromatic rings. The molecule has 4 heterocycles. The highest BCUT2D eigenvalue weighted by Gasteiger charge is 2.18. The van der Waals surface area contributed by atoms with Gasteiger partial charge in [-0.05, 0) is 30.2 Å². The maximum absolute atomic E-state index is 5.19. The van der Waals surface area contributed by atoms with Crippen LogP contribution in [0.25, 0.3) is 28.3 Å². The zero-order valence-electron chi connectivity index (χ0n) is 17.6. The smallest absolute Gasteiger partial charge is 0.213 e. The molecule has 0 bridgehead atoms. The molecule has 9 heteroatoms. The van der Waals surface area contributed by atoms with Crippen LogP contribution in [0.2, 0.25) is 0 Å². The Balaban J connectivity index is 1.57. The first-order valence-electron chi connectivity index (χ1n) is 10.0. The highest BCUT2D eigenvalue weighted by atomic mass is 16.5. The minimum Gasteiger partial charge on any atom is -0.481 e. The van der Waals surface area contributed by atoms with Crippen molar-refractivity contribution < 1.29 is 4.74 Å². The van der Waals surface area contributed by atoms with Gasteiger partial charge in [0.1, 0.15) is 12.2 Å². The average Bonchev–Trinajstić information content (AvgIpc) is 3.50. The van der Waals surface area contributed by atoms with Gasteiger partial charge in [-0.15, -0.1) is 10.2 Å². The summed E-state index contributed by atoms with van der Waals surface area (Å²) in [6.45, 7) is 2.44. The van der Waals surface area contributed by atoms with Crippen molar-refractivity contribution in [1.29, 1.82) is 0 Å². The van der Waals surface area contributed by atoms with E-state index in [9.17, 15) is 0 Å². The molecule has 9 nitrogen and oxygen atoms in total. The number of benzene rings is 1. The molecule has 0 radical (unpaired) electrons. The fourth-order valence-electron chi connectivity index (χ4n) is 3.52. The molecule has 32 heavy (non-hydrogen) atoms. The van der Waals surface area contributed by atoms with Gasteiger partial charge in [0.05, 0.1) is 31.4 Å². The van der Waals surface area contributed by atoms with E-state index in [2.05, 4.69) is 44.4 Å². The van der Waals surface area contributed by atoms with Crippen molar-refractivity contribution in [3.63, 3.8) is 0 Å². The molecule has 1 aromatic carbocycles. The number of hydrogen-bond acceptors (Lipinski definition) is 7. The van der Waals surface area contributed by atoms with Crippen molar-refractivity contribution in [1.82, 2.24) is 39.7 Å². The van der Waals surface area contributed by atoms with Gasteiger partial charge in [0.25, 0.3) is 0 Å². The second kappa shape index (κ2) is 8.38. The van der Waals surface area contributed by atoms with Gasteiger partial charge < -0.3 is 4.74 Å². The monoisotopic (exact) mass is 424 g/mol. The molecule has 0 fully saturated rings. The van der Waals surface area contributed by atoms with Crippen LogP contribution >= 0.6 is 0 Å². The Morgan fingerprint density at radius 3 is 2.41 bits per heavy atom. The predicted molar refractivity (Wildman–Crippen MR) is 118 cm³/mol. The Bertz CT molecular complexity index is 1330. The van der Waals surface area contributed by atoms with Gasteiger partial charge in [0, 0.05) is 17.8 Å². The number of aromatic nitrogens is 8. The second-order valence-electron chi connectivity index (χ2n) is 7.14. The van der Waals surface area contributed by atoms with Crippen LogP contribution in [0.15, 0.2) is 73.3 Å². The first kappa shape index (κ1) is 19.6. The third kappa shape index (κ3) is 3.71. The topological polar surface area (TPSA) is 96.4 Å². The van der Waals surface area contributed by atoms with E-state index in [0.29, 0.717) is 29.8 Å². The molecular formula is C23H20N8O. The number of pyridine rings is 2. The van der Waals surface area contributed by atoms with Crippen LogP contribution in [-0.2, 0) is 6.54 Å². The average molecular weight is 424 g/mol. The van der Waals surface area contributed by atoms with Crippen molar-refractivity contribution in [2.24, 2.45) is 0 Å². The Labute approximate surface area is 184 Å². The fourth-order valence-corrected chi connectivity index (χ4v) is 3.52. The van der Waals surface area contributed by atoms with E-state index in [4.69, 9.17) is 9.72 Å². The van der Waals surface area contributed by atoms with E-state index in [-0.39, 0.29) is 0 Å². The van der Waals surface area contributed by atoms with Gasteiger partial charge in [-0.3, -0.25) is 9.55 Å². The van der Waals surface area contributed by atoms with Crippen molar-refractivity contribution in [3.8, 4) is 34.2 Å². The third-order valence-corrected chi connectivity index (χ3v) is 5.12. The van der Waals surface area contributed by atoms with E-state index in [1.807, 2.05) is 41.1 Å². The molecule has 0 aliphatic carbocycles. The highest BCUT2D eigenvalue weighted by molar-refractivity contribution is 5.68. The Hall–Kier alpha value is -4.40. The standard InChI is InChI=1S/C23H20N8O/c1-16-5-3-4-6-19(16)17-7-9-20(24-13-17)23-29-28-21(15-30-26-11-12-27-30)31(23)18-8-10-22(32-2)25-14-18/h3-14H,15H2,1-2H3. The fraction of sp³-hybridized carbons (Fsp3) is 0.130. The lowest BCUT2D eigenvalue weighted by molar-refractivity contribution is 0.398. The van der Waals surface area contributed by atoms with E-state index < -0.39 is 0 Å². The van der Waals surface area contributed by atoms with Crippen LogP contribution in [0, 0.1) is 6.92 Å². The van der Waals surface area contributed by atoms with E-state index in [1.54, 1.807) is 36.6 Å². The lowest BCUT2D eigenvalue weighted by Gasteiger charge is -2.11.